The predicted octanol–water partition coefficient (Wildman–Crippen LogP) is 0.693. The largest absolute Gasteiger partial charge is 0.471 e. The maximum Gasteiger partial charge on any atom is 0.356 e. The predicted molar refractivity (Wildman–Crippen MR) is 146 cm³/mol. The van der Waals surface area contributed by atoms with Crippen molar-refractivity contribution < 1.29 is 53.7 Å². The van der Waals surface area contributed by atoms with Gasteiger partial charge in [-0.1, -0.05) is 24.3 Å². The van der Waals surface area contributed by atoms with Gasteiger partial charge in [-0.2, -0.15) is 0 Å². The highest BCUT2D eigenvalue weighted by atomic mass is 16.8. The van der Waals surface area contributed by atoms with E-state index in [0.717, 1.165) is 16.3 Å². The first-order valence-electron chi connectivity index (χ1n) is 13.2. The Morgan fingerprint density at radius 3 is 2.48 bits per heavy atom. The molecular weight excluding hydrogens is 552 g/mol. The van der Waals surface area contributed by atoms with Crippen LogP contribution in [0.3, 0.4) is 0 Å². The number of ether oxygens (including phenoxy) is 5. The van der Waals surface area contributed by atoms with E-state index >= 15 is 0 Å². The van der Waals surface area contributed by atoms with Gasteiger partial charge in [0.05, 0.1) is 43.9 Å². The number of fused-ring (bicyclic) bond motifs is 3. The zero-order chi connectivity index (χ0) is 30.1. The van der Waals surface area contributed by atoms with Crippen LogP contribution >= 0.6 is 0 Å². The second-order valence-corrected chi connectivity index (χ2v) is 10.1. The summed E-state index contributed by atoms with van der Waals surface area (Å²) in [6.07, 6.45) is -6.03. The van der Waals surface area contributed by atoms with Crippen LogP contribution in [0.1, 0.15) is 16.2 Å². The summed E-state index contributed by atoms with van der Waals surface area (Å²) >= 11 is 0. The number of carbonyl (C=O) groups is 2. The Morgan fingerprint density at radius 1 is 1.05 bits per heavy atom. The van der Waals surface area contributed by atoms with Crippen LogP contribution in [-0.2, 0) is 34.9 Å². The number of aliphatic hydroxyl groups is 4. The average Bonchev–Trinajstić information content (AvgIpc) is 3.39. The first-order valence-corrected chi connectivity index (χ1v) is 13.2. The number of nitrogens with zero attached hydrogens (tertiary/aromatic N) is 1. The van der Waals surface area contributed by atoms with Crippen molar-refractivity contribution in [3.63, 3.8) is 0 Å². The molecule has 0 bridgehead atoms. The molecule has 2 aromatic heterocycles. The van der Waals surface area contributed by atoms with E-state index < -0.39 is 67.4 Å². The number of aromatic amines is 1. The lowest BCUT2D eigenvalue weighted by Crippen LogP contribution is -2.60. The summed E-state index contributed by atoms with van der Waals surface area (Å²) < 4.78 is 27.1. The molecule has 0 saturated carbocycles. The average molecular weight is 585 g/mol. The molecule has 13 heteroatoms. The number of rotatable bonds is 8. The normalized spacial score (nSPS) is 29.5. The van der Waals surface area contributed by atoms with E-state index in [2.05, 4.69) is 16.5 Å². The second-order valence-electron chi connectivity index (χ2n) is 10.1. The first kappa shape index (κ1) is 29.6. The molecule has 0 spiro atoms. The van der Waals surface area contributed by atoms with E-state index in [0.29, 0.717) is 11.2 Å². The summed E-state index contributed by atoms with van der Waals surface area (Å²) in [5, 5.41) is 42.0. The van der Waals surface area contributed by atoms with E-state index in [9.17, 15) is 30.0 Å². The smallest absolute Gasteiger partial charge is 0.356 e. The number of carbonyl (C=O) groups excluding carboxylic acids is 2. The zero-order valence-corrected chi connectivity index (χ0v) is 22.9. The number of nitrogens with one attached hydrogen (secondary N) is 1. The number of hydrogen-bond acceptors (Lipinski definition) is 12. The van der Waals surface area contributed by atoms with Crippen molar-refractivity contribution in [1.29, 1.82) is 0 Å². The van der Waals surface area contributed by atoms with Crippen molar-refractivity contribution >= 4 is 33.7 Å². The molecule has 4 heterocycles. The Hall–Kier alpha value is -3.85. The topological polar surface area (TPSA) is 190 Å². The van der Waals surface area contributed by atoms with Gasteiger partial charge in [0.15, 0.2) is 6.29 Å². The molecule has 2 aliphatic heterocycles. The number of esters is 2. The van der Waals surface area contributed by atoms with E-state index in [1.165, 1.54) is 26.6 Å². The molecule has 42 heavy (non-hydrogen) atoms. The van der Waals surface area contributed by atoms with Gasteiger partial charge in [-0.3, -0.25) is 0 Å². The van der Waals surface area contributed by atoms with Gasteiger partial charge in [0.1, 0.15) is 30.1 Å². The van der Waals surface area contributed by atoms with Crippen LogP contribution in [0.5, 0.6) is 0 Å². The van der Waals surface area contributed by atoms with Crippen molar-refractivity contribution in [1.82, 2.24) is 9.97 Å². The van der Waals surface area contributed by atoms with Gasteiger partial charge in [-0.05, 0) is 18.6 Å². The second kappa shape index (κ2) is 12.2. The molecular formula is C29H32N2O11. The highest BCUT2D eigenvalue weighted by Gasteiger charge is 2.47. The van der Waals surface area contributed by atoms with Crippen LogP contribution in [-0.4, -0.2) is 100 Å². The summed E-state index contributed by atoms with van der Waals surface area (Å²) in [4.78, 5) is 33.4. The first-order chi connectivity index (χ1) is 20.2. The third kappa shape index (κ3) is 5.26. The van der Waals surface area contributed by atoms with Gasteiger partial charge in [0.2, 0.25) is 6.29 Å². The lowest BCUT2D eigenvalue weighted by Gasteiger charge is -2.43. The van der Waals surface area contributed by atoms with Crippen LogP contribution in [0.2, 0.25) is 0 Å². The molecule has 3 aromatic rings. The van der Waals surface area contributed by atoms with E-state index in [1.54, 1.807) is 6.07 Å². The molecule has 1 fully saturated rings. The standard InChI is InChI=1S/C29H32N2O11/c1-4-13-15(9-19-22-16(10-20(30-19)27(37)39-3)14-7-5-6-8-18(14)31-22)17(26(36)38-2)12-40-28(13)42-29-25(35)24(34)23(33)21(11-32)41-29/h4-8,10,12-13,15,21,23-25,28-29,31-35H,1,9,11H2,2-3H3/t13-,15+,21-,23-,24+,25-,28+,29+/m1/s1. The van der Waals surface area contributed by atoms with E-state index in [4.69, 9.17) is 23.7 Å². The highest BCUT2D eigenvalue weighted by molar-refractivity contribution is 6.09. The van der Waals surface area contributed by atoms with Gasteiger partial charge in [0.25, 0.3) is 0 Å². The van der Waals surface area contributed by atoms with Crippen molar-refractivity contribution in [3.8, 4) is 0 Å². The number of aliphatic hydroxyl groups excluding tert-OH is 4. The molecule has 0 aliphatic carbocycles. The van der Waals surface area contributed by atoms with Crippen molar-refractivity contribution in [3.05, 3.63) is 66.2 Å². The Morgan fingerprint density at radius 2 is 1.79 bits per heavy atom. The number of aromatic nitrogens is 2. The highest BCUT2D eigenvalue weighted by Crippen LogP contribution is 2.38. The Balaban J connectivity index is 1.55. The number of methoxy groups -OCH3 is 2. The number of pyridine rings is 1. The molecule has 1 saturated heterocycles. The van der Waals surface area contributed by atoms with Crippen LogP contribution in [0.25, 0.3) is 21.8 Å². The molecule has 0 radical (unpaired) electrons. The maximum atomic E-state index is 12.9. The van der Waals surface area contributed by atoms with Crippen LogP contribution in [0.4, 0.5) is 0 Å². The van der Waals surface area contributed by atoms with Crippen LogP contribution < -0.4 is 0 Å². The lowest BCUT2D eigenvalue weighted by atomic mass is 9.80. The SMILES string of the molecule is C=C[C@H]1[C@H](O[C@@H]2O[C@H](CO)[C@@H](O)[C@H](O)[C@H]2O)OC=C(C(=O)OC)[C@H]1Cc1nc(C(=O)OC)cc2c1[nH]c1ccccc12. The quantitative estimate of drug-likeness (QED) is 0.184. The fourth-order valence-corrected chi connectivity index (χ4v) is 5.47. The Kier molecular flexibility index (Phi) is 8.59. The minimum absolute atomic E-state index is 0.0738. The van der Waals surface area contributed by atoms with Gasteiger partial charge in [0, 0.05) is 28.1 Å². The molecule has 224 valence electrons. The summed E-state index contributed by atoms with van der Waals surface area (Å²) in [5.41, 5.74) is 2.13. The van der Waals surface area contributed by atoms with Crippen molar-refractivity contribution in [2.45, 2.75) is 43.4 Å². The zero-order valence-electron chi connectivity index (χ0n) is 22.9. The molecule has 8 atom stereocenters. The van der Waals surface area contributed by atoms with Crippen LogP contribution in [0, 0.1) is 11.8 Å². The number of para-hydroxylation sites is 1. The molecule has 0 amide bonds. The fourth-order valence-electron chi connectivity index (χ4n) is 5.47. The molecule has 2 aliphatic rings. The number of hydrogen-bond donors (Lipinski definition) is 5. The van der Waals surface area contributed by atoms with Gasteiger partial charge < -0.3 is 49.1 Å². The van der Waals surface area contributed by atoms with Gasteiger partial charge in [-0.25, -0.2) is 14.6 Å². The third-order valence-electron chi connectivity index (χ3n) is 7.70. The fraction of sp³-hybridized carbons (Fsp3) is 0.414. The Bertz CT molecular complexity index is 1520. The van der Waals surface area contributed by atoms with Gasteiger partial charge >= 0.3 is 11.9 Å². The minimum atomic E-state index is -1.68. The molecule has 13 nitrogen and oxygen atoms in total. The molecule has 5 N–H and O–H groups in total. The molecule has 5 rings (SSSR count). The summed E-state index contributed by atoms with van der Waals surface area (Å²) in [5.74, 6) is -2.79. The Labute approximate surface area is 239 Å². The maximum absolute atomic E-state index is 12.9. The van der Waals surface area contributed by atoms with Crippen molar-refractivity contribution in [2.24, 2.45) is 11.8 Å². The molecule has 1 aromatic carbocycles. The monoisotopic (exact) mass is 584 g/mol. The van der Waals surface area contributed by atoms with Crippen molar-refractivity contribution in [2.75, 3.05) is 20.8 Å². The van der Waals surface area contributed by atoms with Crippen LogP contribution in [0.15, 0.2) is 54.8 Å². The number of benzene rings is 1. The third-order valence-corrected chi connectivity index (χ3v) is 7.70. The van der Waals surface area contributed by atoms with E-state index in [1.807, 2.05) is 24.3 Å². The summed E-state index contributed by atoms with van der Waals surface area (Å²) in [6, 6.07) is 9.18. The molecule has 0 unspecified atom stereocenters. The van der Waals surface area contributed by atoms with E-state index in [-0.39, 0.29) is 17.7 Å². The summed E-state index contributed by atoms with van der Waals surface area (Å²) in [7, 11) is 2.49. The lowest BCUT2D eigenvalue weighted by molar-refractivity contribution is -0.339. The summed E-state index contributed by atoms with van der Waals surface area (Å²) in [6.45, 7) is 3.26. The van der Waals surface area contributed by atoms with Gasteiger partial charge in [-0.15, -0.1) is 6.58 Å². The minimum Gasteiger partial charge on any atom is -0.471 e. The number of H-pyrrole nitrogens is 1.